The molecular formula is C12H14F3NO2. The molecule has 1 rings (SSSR count). The molecule has 0 saturated heterocycles. The highest BCUT2D eigenvalue weighted by atomic mass is 19.2. The van der Waals surface area contributed by atoms with Crippen LogP contribution in [0.1, 0.15) is 31.4 Å². The summed E-state index contributed by atoms with van der Waals surface area (Å²) < 4.78 is 43.7. The lowest BCUT2D eigenvalue weighted by molar-refractivity contribution is -0.143. The van der Waals surface area contributed by atoms with Gasteiger partial charge in [0, 0.05) is 24.1 Å². The van der Waals surface area contributed by atoms with E-state index in [1.54, 1.807) is 6.92 Å². The highest BCUT2D eigenvalue weighted by Gasteiger charge is 2.17. The Balaban J connectivity index is 2.69. The summed E-state index contributed by atoms with van der Waals surface area (Å²) in [6.45, 7) is 1.90. The molecule has 3 nitrogen and oxygen atoms in total. The molecular weight excluding hydrogens is 247 g/mol. The maximum atomic E-state index is 13.4. The fourth-order valence-electron chi connectivity index (χ4n) is 1.48. The molecule has 100 valence electrons. The van der Waals surface area contributed by atoms with Gasteiger partial charge in [-0.3, -0.25) is 4.79 Å². The lowest BCUT2D eigenvalue weighted by Crippen LogP contribution is -2.15. The molecule has 0 aliphatic heterocycles. The summed E-state index contributed by atoms with van der Waals surface area (Å²) in [6, 6.07) is 0.263. The van der Waals surface area contributed by atoms with Gasteiger partial charge in [-0.2, -0.15) is 0 Å². The number of hydrogen-bond acceptors (Lipinski definition) is 3. The van der Waals surface area contributed by atoms with Crippen LogP contribution in [0.5, 0.6) is 0 Å². The average Bonchev–Trinajstić information content (AvgIpc) is 2.31. The maximum Gasteiger partial charge on any atom is 0.305 e. The normalized spacial score (nSPS) is 12.3. The van der Waals surface area contributed by atoms with Gasteiger partial charge in [-0.15, -0.1) is 0 Å². The van der Waals surface area contributed by atoms with E-state index < -0.39 is 29.5 Å². The first-order valence-corrected chi connectivity index (χ1v) is 5.51. The molecule has 0 aliphatic carbocycles. The highest BCUT2D eigenvalue weighted by molar-refractivity contribution is 5.69. The van der Waals surface area contributed by atoms with Gasteiger partial charge in [0.15, 0.2) is 11.6 Å². The van der Waals surface area contributed by atoms with Gasteiger partial charge in [0.1, 0.15) is 5.82 Å². The maximum absolute atomic E-state index is 13.4. The zero-order chi connectivity index (χ0) is 13.7. The highest BCUT2D eigenvalue weighted by Crippen LogP contribution is 2.22. The zero-order valence-electron chi connectivity index (χ0n) is 9.88. The van der Waals surface area contributed by atoms with Gasteiger partial charge in [0.2, 0.25) is 0 Å². The summed E-state index contributed by atoms with van der Waals surface area (Å²) in [5.41, 5.74) is 5.47. The van der Waals surface area contributed by atoms with Crippen molar-refractivity contribution in [1.29, 1.82) is 0 Å². The van der Waals surface area contributed by atoms with E-state index in [-0.39, 0.29) is 25.0 Å². The van der Waals surface area contributed by atoms with Gasteiger partial charge in [0.05, 0.1) is 6.61 Å². The van der Waals surface area contributed by atoms with Crippen molar-refractivity contribution in [2.24, 2.45) is 5.73 Å². The van der Waals surface area contributed by atoms with Gasteiger partial charge in [0.25, 0.3) is 0 Å². The van der Waals surface area contributed by atoms with Crippen molar-refractivity contribution in [2.45, 2.75) is 25.8 Å². The van der Waals surface area contributed by atoms with Crippen molar-refractivity contribution < 1.29 is 22.7 Å². The van der Waals surface area contributed by atoms with E-state index in [1.807, 2.05) is 0 Å². The van der Waals surface area contributed by atoms with E-state index in [9.17, 15) is 18.0 Å². The van der Waals surface area contributed by atoms with E-state index in [0.717, 1.165) is 0 Å². The Labute approximate surface area is 103 Å². The second-order valence-corrected chi connectivity index (χ2v) is 3.74. The zero-order valence-corrected chi connectivity index (χ0v) is 9.88. The Hall–Kier alpha value is -1.56. The number of benzene rings is 1. The Kier molecular flexibility index (Phi) is 5.15. The first-order valence-electron chi connectivity index (χ1n) is 5.51. The third-order valence-corrected chi connectivity index (χ3v) is 2.40. The number of rotatable bonds is 5. The molecule has 2 N–H and O–H groups in total. The van der Waals surface area contributed by atoms with E-state index >= 15 is 0 Å². The topological polar surface area (TPSA) is 52.3 Å². The fraction of sp³-hybridized carbons (Fsp3) is 0.417. The molecule has 1 aromatic rings. The molecule has 18 heavy (non-hydrogen) atoms. The van der Waals surface area contributed by atoms with Crippen LogP contribution in [-0.2, 0) is 9.53 Å². The molecule has 0 radical (unpaired) electrons. The summed E-state index contributed by atoms with van der Waals surface area (Å²) in [7, 11) is 0. The third kappa shape index (κ3) is 3.73. The minimum Gasteiger partial charge on any atom is -0.466 e. The predicted octanol–water partition coefficient (Wildman–Crippen LogP) is 2.45. The lowest BCUT2D eigenvalue weighted by Gasteiger charge is -2.12. The molecule has 6 heteroatoms. The summed E-state index contributed by atoms with van der Waals surface area (Å²) in [4.78, 5) is 11.1. The van der Waals surface area contributed by atoms with Crippen molar-refractivity contribution in [3.05, 3.63) is 35.1 Å². The number of halogens is 3. The van der Waals surface area contributed by atoms with Crippen molar-refractivity contribution in [3.63, 3.8) is 0 Å². The van der Waals surface area contributed by atoms with Crippen LogP contribution >= 0.6 is 0 Å². The van der Waals surface area contributed by atoms with Crippen LogP contribution < -0.4 is 5.73 Å². The molecule has 0 aliphatic rings. The van der Waals surface area contributed by atoms with Gasteiger partial charge >= 0.3 is 5.97 Å². The fourth-order valence-corrected chi connectivity index (χ4v) is 1.48. The first kappa shape index (κ1) is 14.5. The van der Waals surface area contributed by atoms with Crippen molar-refractivity contribution >= 4 is 5.97 Å². The first-order chi connectivity index (χ1) is 8.45. The van der Waals surface area contributed by atoms with Crippen LogP contribution in [0.4, 0.5) is 13.2 Å². The van der Waals surface area contributed by atoms with E-state index in [1.165, 1.54) is 0 Å². The van der Waals surface area contributed by atoms with Crippen LogP contribution in [0.15, 0.2) is 12.1 Å². The summed E-state index contributed by atoms with van der Waals surface area (Å²) in [6.07, 6.45) is 0.0915. The number of esters is 1. The van der Waals surface area contributed by atoms with Crippen LogP contribution in [0, 0.1) is 17.5 Å². The molecule has 1 unspecified atom stereocenters. The number of hydrogen-bond donors (Lipinski definition) is 1. The van der Waals surface area contributed by atoms with Crippen LogP contribution in [0.25, 0.3) is 0 Å². The van der Waals surface area contributed by atoms with Gasteiger partial charge in [-0.05, 0) is 19.4 Å². The van der Waals surface area contributed by atoms with Gasteiger partial charge < -0.3 is 10.5 Å². The van der Waals surface area contributed by atoms with Gasteiger partial charge in [-0.25, -0.2) is 13.2 Å². The van der Waals surface area contributed by atoms with Crippen LogP contribution in [-0.4, -0.2) is 12.6 Å². The van der Waals surface area contributed by atoms with E-state index in [4.69, 9.17) is 5.73 Å². The van der Waals surface area contributed by atoms with Crippen molar-refractivity contribution in [3.8, 4) is 0 Å². The van der Waals surface area contributed by atoms with Gasteiger partial charge in [-0.1, -0.05) is 0 Å². The SMILES string of the molecule is CCOC(=O)CCC(N)c1cc(F)c(F)cc1F. The lowest BCUT2D eigenvalue weighted by atomic mass is 10.0. The van der Waals surface area contributed by atoms with Crippen LogP contribution in [0.2, 0.25) is 0 Å². The van der Waals surface area contributed by atoms with Crippen molar-refractivity contribution in [2.75, 3.05) is 6.61 Å². The Morgan fingerprint density at radius 1 is 1.28 bits per heavy atom. The molecule has 0 heterocycles. The molecule has 0 bridgehead atoms. The van der Waals surface area contributed by atoms with E-state index in [0.29, 0.717) is 12.1 Å². The predicted molar refractivity (Wildman–Crippen MR) is 59.1 cm³/mol. The summed E-state index contributed by atoms with van der Waals surface area (Å²) in [5, 5.41) is 0. The summed E-state index contributed by atoms with van der Waals surface area (Å²) >= 11 is 0. The largest absolute Gasteiger partial charge is 0.466 e. The average molecular weight is 261 g/mol. The number of carbonyl (C=O) groups excluding carboxylic acids is 1. The molecule has 0 amide bonds. The number of ether oxygens (including phenoxy) is 1. The second-order valence-electron chi connectivity index (χ2n) is 3.74. The Bertz CT molecular complexity index is 438. The molecule has 1 atom stereocenters. The molecule has 0 spiro atoms. The Morgan fingerprint density at radius 2 is 1.89 bits per heavy atom. The number of carbonyl (C=O) groups is 1. The quantitative estimate of drug-likeness (QED) is 0.654. The smallest absolute Gasteiger partial charge is 0.305 e. The molecule has 0 saturated carbocycles. The second kappa shape index (κ2) is 6.39. The third-order valence-electron chi connectivity index (χ3n) is 2.40. The molecule has 0 fully saturated rings. The minimum absolute atomic E-state index is 0.00651. The van der Waals surface area contributed by atoms with Crippen LogP contribution in [0.3, 0.4) is 0 Å². The Morgan fingerprint density at radius 3 is 2.50 bits per heavy atom. The molecule has 0 aromatic heterocycles. The van der Waals surface area contributed by atoms with E-state index in [2.05, 4.69) is 4.74 Å². The number of nitrogens with two attached hydrogens (primary N) is 1. The monoisotopic (exact) mass is 261 g/mol. The molecule has 1 aromatic carbocycles. The summed E-state index contributed by atoms with van der Waals surface area (Å²) in [5.74, 6) is -3.83. The standard InChI is InChI=1S/C12H14F3NO2/c1-2-18-12(17)4-3-11(16)7-5-9(14)10(15)6-8(7)13/h5-6,11H,2-4,16H2,1H3. The van der Waals surface area contributed by atoms with Crippen molar-refractivity contribution in [1.82, 2.24) is 0 Å². The minimum atomic E-state index is -1.27.